The van der Waals surface area contributed by atoms with Crippen LogP contribution in [0.25, 0.3) is 11.4 Å². The van der Waals surface area contributed by atoms with E-state index in [9.17, 15) is 9.59 Å². The summed E-state index contributed by atoms with van der Waals surface area (Å²) in [4.78, 5) is 26.4. The van der Waals surface area contributed by atoms with Crippen LogP contribution in [0.5, 0.6) is 0 Å². The zero-order valence-corrected chi connectivity index (χ0v) is 13.7. The number of carbonyl (C=O) groups excluding carboxylic acids is 1. The molecule has 2 rings (SSSR count). The third kappa shape index (κ3) is 5.38. The second kappa shape index (κ2) is 7.12. The van der Waals surface area contributed by atoms with Gasteiger partial charge in [0.25, 0.3) is 0 Å². The summed E-state index contributed by atoms with van der Waals surface area (Å²) >= 11 is 0. The van der Waals surface area contributed by atoms with Crippen molar-refractivity contribution in [1.29, 1.82) is 0 Å². The predicted molar refractivity (Wildman–Crippen MR) is 85.5 cm³/mol. The van der Waals surface area contributed by atoms with Gasteiger partial charge in [0.2, 0.25) is 11.7 Å². The normalized spacial score (nSPS) is 11.1. The number of rotatable bonds is 5. The van der Waals surface area contributed by atoms with Gasteiger partial charge in [0.05, 0.1) is 6.42 Å². The second-order valence-corrected chi connectivity index (χ2v) is 6.11. The van der Waals surface area contributed by atoms with Crippen molar-refractivity contribution >= 4 is 17.7 Å². The Bertz CT molecular complexity index is 716. The highest BCUT2D eigenvalue weighted by Crippen LogP contribution is 2.19. The molecule has 1 aromatic carbocycles. The number of hydrogen-bond acceptors (Lipinski definition) is 6. The summed E-state index contributed by atoms with van der Waals surface area (Å²) in [6.07, 6.45) is -0.424. The lowest BCUT2D eigenvalue weighted by Gasteiger charge is -2.19. The van der Waals surface area contributed by atoms with Crippen molar-refractivity contribution in [3.05, 3.63) is 30.2 Å². The number of ether oxygens (including phenoxy) is 1. The van der Waals surface area contributed by atoms with E-state index in [1.165, 1.54) is 0 Å². The Morgan fingerprint density at radius 1 is 1.25 bits per heavy atom. The first-order valence-electron chi connectivity index (χ1n) is 7.38. The first-order chi connectivity index (χ1) is 11.2. The molecule has 8 heteroatoms. The van der Waals surface area contributed by atoms with E-state index in [1.54, 1.807) is 45.0 Å². The summed E-state index contributed by atoms with van der Waals surface area (Å²) in [6.45, 7) is 5.36. The number of carbonyl (C=O) groups is 2. The highest BCUT2D eigenvalue weighted by Gasteiger charge is 2.16. The van der Waals surface area contributed by atoms with Gasteiger partial charge in [-0.25, -0.2) is 4.79 Å². The highest BCUT2D eigenvalue weighted by atomic mass is 16.6. The average Bonchev–Trinajstić information content (AvgIpc) is 2.92. The molecule has 1 amide bonds. The van der Waals surface area contributed by atoms with Crippen molar-refractivity contribution in [2.45, 2.75) is 39.2 Å². The Morgan fingerprint density at radius 3 is 2.50 bits per heavy atom. The Kier molecular flexibility index (Phi) is 5.18. The molecule has 2 aromatic rings. The van der Waals surface area contributed by atoms with Crippen LogP contribution >= 0.6 is 0 Å². The van der Waals surface area contributed by atoms with E-state index >= 15 is 0 Å². The van der Waals surface area contributed by atoms with Gasteiger partial charge in [-0.3, -0.25) is 10.1 Å². The summed E-state index contributed by atoms with van der Waals surface area (Å²) in [6, 6.07) is 6.82. The van der Waals surface area contributed by atoms with Crippen LogP contribution in [-0.2, 0) is 16.0 Å². The van der Waals surface area contributed by atoms with Gasteiger partial charge < -0.3 is 14.4 Å². The molecule has 0 aliphatic rings. The molecule has 128 valence electrons. The van der Waals surface area contributed by atoms with E-state index in [0.29, 0.717) is 17.1 Å². The lowest BCUT2D eigenvalue weighted by molar-refractivity contribution is -0.137. The van der Waals surface area contributed by atoms with E-state index < -0.39 is 17.7 Å². The van der Waals surface area contributed by atoms with Crippen LogP contribution in [0.1, 0.15) is 33.1 Å². The number of nitrogens with zero attached hydrogens (tertiary/aromatic N) is 2. The molecular formula is C16H19N3O5. The van der Waals surface area contributed by atoms with Crippen LogP contribution in [0.2, 0.25) is 0 Å². The lowest BCUT2D eigenvalue weighted by Crippen LogP contribution is -2.27. The van der Waals surface area contributed by atoms with Crippen LogP contribution in [0.4, 0.5) is 10.5 Å². The molecule has 0 atom stereocenters. The van der Waals surface area contributed by atoms with Gasteiger partial charge in [-0.2, -0.15) is 4.98 Å². The summed E-state index contributed by atoms with van der Waals surface area (Å²) in [5.74, 6) is -0.296. The van der Waals surface area contributed by atoms with Crippen molar-refractivity contribution in [1.82, 2.24) is 10.1 Å². The summed E-state index contributed by atoms with van der Waals surface area (Å²) in [7, 11) is 0. The monoisotopic (exact) mass is 333 g/mol. The lowest BCUT2D eigenvalue weighted by atomic mass is 10.2. The standard InChI is InChI=1S/C16H19N3O5/c1-16(2,3)23-15(22)17-11-6-4-10(5-7-11)14-18-12(24-19-14)8-9-13(20)21/h4-7H,8-9H2,1-3H3,(H,17,22)(H,20,21). The summed E-state index contributed by atoms with van der Waals surface area (Å²) in [5, 5.41) is 15.1. The minimum atomic E-state index is -0.924. The van der Waals surface area contributed by atoms with Crippen molar-refractivity contribution in [2.24, 2.45) is 0 Å². The van der Waals surface area contributed by atoms with Crippen LogP contribution in [-0.4, -0.2) is 32.9 Å². The smallest absolute Gasteiger partial charge is 0.412 e. The number of benzene rings is 1. The third-order valence-corrected chi connectivity index (χ3v) is 2.81. The molecular weight excluding hydrogens is 314 g/mol. The molecule has 1 aromatic heterocycles. The molecule has 0 radical (unpaired) electrons. The van der Waals surface area contributed by atoms with Crippen molar-refractivity contribution < 1.29 is 24.0 Å². The van der Waals surface area contributed by atoms with E-state index in [1.807, 2.05) is 0 Å². The molecule has 8 nitrogen and oxygen atoms in total. The van der Waals surface area contributed by atoms with Crippen LogP contribution in [0.3, 0.4) is 0 Å². The number of nitrogens with one attached hydrogen (secondary N) is 1. The minimum absolute atomic E-state index is 0.0691. The summed E-state index contributed by atoms with van der Waals surface area (Å²) in [5.41, 5.74) is 0.693. The quantitative estimate of drug-likeness (QED) is 0.864. The predicted octanol–water partition coefficient (Wildman–Crippen LogP) is 3.10. The molecule has 24 heavy (non-hydrogen) atoms. The number of carboxylic acids is 1. The van der Waals surface area contributed by atoms with Gasteiger partial charge in [-0.15, -0.1) is 0 Å². The molecule has 0 bridgehead atoms. The Morgan fingerprint density at radius 2 is 1.92 bits per heavy atom. The maximum atomic E-state index is 11.7. The summed E-state index contributed by atoms with van der Waals surface area (Å²) < 4.78 is 10.2. The SMILES string of the molecule is CC(C)(C)OC(=O)Nc1ccc(-c2noc(CCC(=O)O)n2)cc1. The topological polar surface area (TPSA) is 115 Å². The zero-order chi connectivity index (χ0) is 17.7. The number of aliphatic carboxylic acids is 1. The van der Waals surface area contributed by atoms with E-state index in [4.69, 9.17) is 14.4 Å². The van der Waals surface area contributed by atoms with Crippen molar-refractivity contribution in [3.8, 4) is 11.4 Å². The minimum Gasteiger partial charge on any atom is -0.481 e. The van der Waals surface area contributed by atoms with Gasteiger partial charge in [0, 0.05) is 17.7 Å². The second-order valence-electron chi connectivity index (χ2n) is 6.11. The Hall–Kier alpha value is -2.90. The van der Waals surface area contributed by atoms with Gasteiger partial charge >= 0.3 is 12.1 Å². The van der Waals surface area contributed by atoms with E-state index in [-0.39, 0.29) is 18.7 Å². The van der Waals surface area contributed by atoms with Gasteiger partial charge in [-0.05, 0) is 45.0 Å². The van der Waals surface area contributed by atoms with E-state index in [2.05, 4.69) is 15.5 Å². The highest BCUT2D eigenvalue weighted by molar-refractivity contribution is 5.85. The molecule has 0 saturated heterocycles. The fourth-order valence-electron chi connectivity index (χ4n) is 1.81. The van der Waals surface area contributed by atoms with Crippen molar-refractivity contribution in [3.63, 3.8) is 0 Å². The van der Waals surface area contributed by atoms with Crippen molar-refractivity contribution in [2.75, 3.05) is 5.32 Å². The van der Waals surface area contributed by atoms with Gasteiger partial charge in [0.15, 0.2) is 0 Å². The Balaban J connectivity index is 1.99. The number of anilines is 1. The average molecular weight is 333 g/mol. The molecule has 0 unspecified atom stereocenters. The maximum Gasteiger partial charge on any atom is 0.412 e. The van der Waals surface area contributed by atoms with Gasteiger partial charge in [-0.1, -0.05) is 5.16 Å². The van der Waals surface area contributed by atoms with Gasteiger partial charge in [0.1, 0.15) is 5.60 Å². The largest absolute Gasteiger partial charge is 0.481 e. The number of hydrogen-bond donors (Lipinski definition) is 2. The third-order valence-electron chi connectivity index (χ3n) is 2.81. The maximum absolute atomic E-state index is 11.7. The molecule has 0 spiro atoms. The van der Waals surface area contributed by atoms with Crippen LogP contribution < -0.4 is 5.32 Å². The molecule has 1 heterocycles. The zero-order valence-electron chi connectivity index (χ0n) is 13.7. The molecule has 0 saturated carbocycles. The number of aromatic nitrogens is 2. The molecule has 0 fully saturated rings. The van der Waals surface area contributed by atoms with E-state index in [0.717, 1.165) is 0 Å². The first-order valence-corrected chi connectivity index (χ1v) is 7.38. The number of amides is 1. The number of carboxylic acid groups (broad SMARTS) is 1. The molecule has 0 aliphatic heterocycles. The fraction of sp³-hybridized carbons (Fsp3) is 0.375. The van der Waals surface area contributed by atoms with Crippen LogP contribution in [0, 0.1) is 0 Å². The fourth-order valence-corrected chi connectivity index (χ4v) is 1.81. The van der Waals surface area contributed by atoms with Crippen LogP contribution in [0.15, 0.2) is 28.8 Å². The first kappa shape index (κ1) is 17.5. The Labute approximate surface area is 138 Å². The molecule has 2 N–H and O–H groups in total. The molecule has 0 aliphatic carbocycles. The number of aryl methyl sites for hydroxylation is 1.